The van der Waals surface area contributed by atoms with Gasteiger partial charge in [0.2, 0.25) is 0 Å². The smallest absolute Gasteiger partial charge is 0.0996 e. The van der Waals surface area contributed by atoms with Gasteiger partial charge in [0, 0.05) is 29.7 Å². The molecule has 0 heterocycles. The summed E-state index contributed by atoms with van der Waals surface area (Å²) in [4.78, 5) is 2.06. The number of hydrogen-bond donors (Lipinski definition) is 2. The van der Waals surface area contributed by atoms with Gasteiger partial charge in [-0.15, -0.1) is 18.2 Å². The van der Waals surface area contributed by atoms with Gasteiger partial charge in [-0.05, 0) is 40.2 Å². The average Bonchev–Trinajstić information content (AvgIpc) is 2.56. The Balaban J connectivity index is 0. The first-order chi connectivity index (χ1) is 12.2. The highest BCUT2D eigenvalue weighted by Gasteiger charge is 2.16. The number of aliphatic hydroxyl groups is 1. The Morgan fingerprint density at radius 1 is 1.27 bits per heavy atom. The molecule has 0 rings (SSSR count). The van der Waals surface area contributed by atoms with Crippen LogP contribution in [0.2, 0.25) is 0 Å². The average molecular weight is 446 g/mol. The minimum atomic E-state index is -1.01. The van der Waals surface area contributed by atoms with Crippen LogP contribution in [0.15, 0.2) is 71.6 Å². The molecule has 0 radical (unpaired) electrons. The first-order valence-corrected chi connectivity index (χ1v) is 9.92. The molecule has 0 spiro atoms. The normalized spacial score (nSPS) is 13.3. The van der Waals surface area contributed by atoms with Gasteiger partial charge in [-0.25, -0.2) is 0 Å². The molecule has 0 aliphatic carbocycles. The zero-order valence-corrected chi connectivity index (χ0v) is 18.8. The third kappa shape index (κ3) is 17.6. The molecule has 0 saturated carbocycles. The van der Waals surface area contributed by atoms with Crippen LogP contribution in [0.25, 0.3) is 0 Å². The van der Waals surface area contributed by atoms with Gasteiger partial charge in [0.05, 0.1) is 11.3 Å². The number of halogens is 2. The molecule has 0 unspecified atom stereocenters. The molecule has 0 aliphatic heterocycles. The highest BCUT2D eigenvalue weighted by atomic mass is 79.9. The van der Waals surface area contributed by atoms with Crippen molar-refractivity contribution in [3.63, 3.8) is 0 Å². The Kier molecular flexibility index (Phi) is 17.9. The zero-order chi connectivity index (χ0) is 20.4. The lowest BCUT2D eigenvalue weighted by Crippen LogP contribution is -2.31. The van der Waals surface area contributed by atoms with Gasteiger partial charge >= 0.3 is 0 Å². The summed E-state index contributed by atoms with van der Waals surface area (Å²) in [6.45, 7) is 12.5. The Morgan fingerprint density at radius 3 is 2.35 bits per heavy atom. The van der Waals surface area contributed by atoms with E-state index in [-0.39, 0.29) is 0 Å². The van der Waals surface area contributed by atoms with E-state index in [0.717, 1.165) is 24.0 Å². The van der Waals surface area contributed by atoms with E-state index < -0.39 is 5.60 Å². The number of alkyl halides is 1. The SMILES string of the molecule is C/C=C\CCl.C=CCCN(/C=C(\N)C(C)(C)O)C/C=C/C=C(Br)\C=C/C. The number of rotatable bonds is 10. The highest BCUT2D eigenvalue weighted by molar-refractivity contribution is 9.11. The van der Waals surface area contributed by atoms with E-state index in [1.807, 2.05) is 62.5 Å². The monoisotopic (exact) mass is 444 g/mol. The molecule has 3 N–H and O–H groups in total. The molecule has 0 fully saturated rings. The van der Waals surface area contributed by atoms with Crippen LogP contribution in [0.3, 0.4) is 0 Å². The third-order valence-corrected chi connectivity index (χ3v) is 3.74. The maximum absolute atomic E-state index is 9.88. The van der Waals surface area contributed by atoms with Gasteiger partial charge in [-0.1, -0.05) is 58.5 Å². The number of nitrogens with two attached hydrogens (primary N) is 1. The summed E-state index contributed by atoms with van der Waals surface area (Å²) < 4.78 is 1.02. The van der Waals surface area contributed by atoms with Crippen LogP contribution in [-0.2, 0) is 0 Å². The van der Waals surface area contributed by atoms with Gasteiger partial charge in [0.25, 0.3) is 0 Å². The molecule has 0 atom stereocenters. The van der Waals surface area contributed by atoms with Gasteiger partial charge in [-0.3, -0.25) is 0 Å². The van der Waals surface area contributed by atoms with Crippen LogP contribution >= 0.6 is 27.5 Å². The Labute approximate surface area is 173 Å². The minimum Gasteiger partial charge on any atom is -0.399 e. The van der Waals surface area contributed by atoms with Crippen molar-refractivity contribution in [3.05, 3.63) is 71.6 Å². The lowest BCUT2D eigenvalue weighted by Gasteiger charge is -2.23. The van der Waals surface area contributed by atoms with Crippen molar-refractivity contribution < 1.29 is 5.11 Å². The molecule has 0 saturated heterocycles. The summed E-state index contributed by atoms with van der Waals surface area (Å²) >= 11 is 8.66. The summed E-state index contributed by atoms with van der Waals surface area (Å²) in [6.07, 6.45) is 18.3. The van der Waals surface area contributed by atoms with Gasteiger partial charge in [0.15, 0.2) is 0 Å². The second-order valence-electron chi connectivity index (χ2n) is 5.92. The number of nitrogens with zero attached hydrogens (tertiary/aromatic N) is 1. The largest absolute Gasteiger partial charge is 0.399 e. The van der Waals surface area contributed by atoms with Crippen LogP contribution in [0, 0.1) is 0 Å². The van der Waals surface area contributed by atoms with E-state index in [1.54, 1.807) is 20.0 Å². The lowest BCUT2D eigenvalue weighted by molar-refractivity contribution is 0.115. The van der Waals surface area contributed by atoms with Crippen molar-refractivity contribution in [3.8, 4) is 0 Å². The molecule has 0 aromatic rings. The second-order valence-corrected chi connectivity index (χ2v) is 7.14. The molecular formula is C21H34BrClN2O. The van der Waals surface area contributed by atoms with Crippen LogP contribution in [0.4, 0.5) is 0 Å². The first kappa shape index (κ1) is 27.0. The predicted molar refractivity (Wildman–Crippen MR) is 121 cm³/mol. The zero-order valence-electron chi connectivity index (χ0n) is 16.5. The van der Waals surface area contributed by atoms with Crippen molar-refractivity contribution in [2.75, 3.05) is 19.0 Å². The van der Waals surface area contributed by atoms with Gasteiger partial charge in [0.1, 0.15) is 0 Å². The summed E-state index contributed by atoms with van der Waals surface area (Å²) in [5.74, 6) is 0.635. The van der Waals surface area contributed by atoms with Crippen LogP contribution < -0.4 is 5.73 Å². The fourth-order valence-corrected chi connectivity index (χ4v) is 2.08. The molecule has 5 heteroatoms. The first-order valence-electron chi connectivity index (χ1n) is 8.60. The van der Waals surface area contributed by atoms with Crippen molar-refractivity contribution in [2.24, 2.45) is 5.73 Å². The van der Waals surface area contributed by atoms with E-state index in [1.165, 1.54) is 0 Å². The number of hydrogen-bond acceptors (Lipinski definition) is 3. The molecule has 148 valence electrons. The Bertz CT molecular complexity index is 515. The second kappa shape index (κ2) is 17.2. The molecule has 0 aromatic carbocycles. The molecule has 0 aromatic heterocycles. The van der Waals surface area contributed by atoms with Crippen molar-refractivity contribution in [2.45, 2.75) is 39.7 Å². The fraction of sp³-hybridized carbons (Fsp3) is 0.429. The standard InChI is InChI=1S/C17H27BrN2O.C4H7Cl/c1-5-7-12-20(14-16(19)17(3,4)21)13-9-8-11-15(18)10-6-2;1-2-3-4-5/h5-6,8-11,14,21H,1,7,12-13,19H2,2-4H3;2-3H,4H2,1H3/b9-8+,10-6-,15-11+,16-14-;3-2-. The minimum absolute atomic E-state index is 0.450. The third-order valence-electron chi connectivity index (χ3n) is 3.03. The van der Waals surface area contributed by atoms with Crippen molar-refractivity contribution >= 4 is 27.5 Å². The molecule has 0 amide bonds. The molecule has 0 aliphatic rings. The van der Waals surface area contributed by atoms with Crippen molar-refractivity contribution in [1.82, 2.24) is 4.90 Å². The Morgan fingerprint density at radius 2 is 1.92 bits per heavy atom. The summed E-state index contributed by atoms with van der Waals surface area (Å²) in [5, 5.41) is 9.88. The topological polar surface area (TPSA) is 49.5 Å². The van der Waals surface area contributed by atoms with Crippen LogP contribution in [-0.4, -0.2) is 34.6 Å². The molecule has 26 heavy (non-hydrogen) atoms. The van der Waals surface area contributed by atoms with Crippen LogP contribution in [0.5, 0.6) is 0 Å². The van der Waals surface area contributed by atoms with Crippen LogP contribution in [0.1, 0.15) is 34.1 Å². The molecule has 0 bridgehead atoms. The van der Waals surface area contributed by atoms with E-state index in [4.69, 9.17) is 17.3 Å². The van der Waals surface area contributed by atoms with E-state index >= 15 is 0 Å². The summed E-state index contributed by atoms with van der Waals surface area (Å²) in [5.41, 5.74) is 5.35. The van der Waals surface area contributed by atoms with E-state index in [9.17, 15) is 5.11 Å². The maximum atomic E-state index is 9.88. The fourth-order valence-electron chi connectivity index (χ4n) is 1.48. The Hall–Kier alpha value is -1.23. The lowest BCUT2D eigenvalue weighted by atomic mass is 10.1. The van der Waals surface area contributed by atoms with E-state index in [2.05, 4.69) is 27.4 Å². The van der Waals surface area contributed by atoms with Gasteiger partial charge < -0.3 is 15.7 Å². The molecule has 3 nitrogen and oxygen atoms in total. The quantitative estimate of drug-likeness (QED) is 0.259. The number of allylic oxidation sites excluding steroid dienone is 7. The van der Waals surface area contributed by atoms with Crippen molar-refractivity contribution in [1.29, 1.82) is 0 Å². The molecular weight excluding hydrogens is 412 g/mol. The summed E-state index contributed by atoms with van der Waals surface area (Å²) in [7, 11) is 0. The maximum Gasteiger partial charge on any atom is 0.0996 e. The highest BCUT2D eigenvalue weighted by Crippen LogP contribution is 2.11. The van der Waals surface area contributed by atoms with Gasteiger partial charge in [-0.2, -0.15) is 0 Å². The predicted octanol–water partition coefficient (Wildman–Crippen LogP) is 5.65. The summed E-state index contributed by atoms with van der Waals surface area (Å²) in [6, 6.07) is 0. The van der Waals surface area contributed by atoms with E-state index in [0.29, 0.717) is 11.6 Å².